The van der Waals surface area contributed by atoms with Crippen LogP contribution in [0.15, 0.2) is 65.2 Å². The third-order valence-corrected chi connectivity index (χ3v) is 6.59. The van der Waals surface area contributed by atoms with Crippen molar-refractivity contribution in [3.63, 3.8) is 0 Å². The fraction of sp³-hybridized carbons (Fsp3) is 0.250. The number of benzene rings is 3. The minimum absolute atomic E-state index is 0.00104. The molecule has 198 valence electrons. The molecule has 0 aliphatic carbocycles. The van der Waals surface area contributed by atoms with Crippen molar-refractivity contribution in [3.8, 4) is 34.0 Å². The Kier molecular flexibility index (Phi) is 7.37. The standard InChI is InChI=1S/C28H25F4N3O3/c1-4-27(3,26(36)37)33-15-19-10-9-17(14-23(19)29)24-34-25(38-35-24)18-11-12-21(22(13-18)28(30,31)32)20-8-6-5-7-16(20)2/h5-14,33H,4,15H2,1-3H3,(H,36,37). The second-order valence-corrected chi connectivity index (χ2v) is 9.15. The van der Waals surface area contributed by atoms with Crippen LogP contribution in [0, 0.1) is 12.7 Å². The highest BCUT2D eigenvalue weighted by atomic mass is 19.4. The summed E-state index contributed by atoms with van der Waals surface area (Å²) in [5, 5.41) is 16.0. The van der Waals surface area contributed by atoms with E-state index in [1.807, 2.05) is 0 Å². The van der Waals surface area contributed by atoms with Gasteiger partial charge in [0.25, 0.3) is 5.89 Å². The van der Waals surface area contributed by atoms with Gasteiger partial charge in [0.2, 0.25) is 5.82 Å². The van der Waals surface area contributed by atoms with Gasteiger partial charge in [0, 0.05) is 23.2 Å². The fourth-order valence-corrected chi connectivity index (χ4v) is 3.95. The number of aryl methyl sites for hydroxylation is 1. The maximum Gasteiger partial charge on any atom is 0.417 e. The number of aliphatic carboxylic acids is 1. The van der Waals surface area contributed by atoms with Crippen molar-refractivity contribution in [1.29, 1.82) is 0 Å². The zero-order chi connectivity index (χ0) is 27.7. The Hall–Kier alpha value is -4.05. The highest BCUT2D eigenvalue weighted by molar-refractivity contribution is 5.78. The van der Waals surface area contributed by atoms with E-state index in [-0.39, 0.29) is 40.5 Å². The Bertz CT molecular complexity index is 1480. The molecule has 38 heavy (non-hydrogen) atoms. The Morgan fingerprint density at radius 3 is 2.37 bits per heavy atom. The van der Waals surface area contributed by atoms with Crippen LogP contribution in [0.3, 0.4) is 0 Å². The van der Waals surface area contributed by atoms with Gasteiger partial charge in [0.15, 0.2) is 0 Å². The second kappa shape index (κ2) is 10.4. The lowest BCUT2D eigenvalue weighted by Crippen LogP contribution is -2.48. The Balaban J connectivity index is 1.62. The summed E-state index contributed by atoms with van der Waals surface area (Å²) >= 11 is 0. The van der Waals surface area contributed by atoms with Crippen LogP contribution in [0.2, 0.25) is 0 Å². The van der Waals surface area contributed by atoms with E-state index >= 15 is 0 Å². The molecule has 4 rings (SSSR count). The Labute approximate surface area is 216 Å². The summed E-state index contributed by atoms with van der Waals surface area (Å²) in [5.41, 5.74) is -0.288. The first-order valence-electron chi connectivity index (χ1n) is 11.8. The molecule has 0 amide bonds. The molecule has 1 aromatic heterocycles. The van der Waals surface area contributed by atoms with E-state index in [1.54, 1.807) is 38.1 Å². The van der Waals surface area contributed by atoms with Crippen molar-refractivity contribution in [2.24, 2.45) is 0 Å². The van der Waals surface area contributed by atoms with Gasteiger partial charge < -0.3 is 9.63 Å². The maximum absolute atomic E-state index is 14.8. The molecular weight excluding hydrogens is 502 g/mol. The second-order valence-electron chi connectivity index (χ2n) is 9.15. The van der Waals surface area contributed by atoms with E-state index in [9.17, 15) is 27.5 Å². The van der Waals surface area contributed by atoms with E-state index in [0.717, 1.165) is 12.1 Å². The highest BCUT2D eigenvalue weighted by Crippen LogP contribution is 2.40. The summed E-state index contributed by atoms with van der Waals surface area (Å²) < 4.78 is 61.9. The van der Waals surface area contributed by atoms with Gasteiger partial charge in [-0.3, -0.25) is 10.1 Å². The minimum Gasteiger partial charge on any atom is -0.480 e. The number of carboxylic acids is 1. The smallest absolute Gasteiger partial charge is 0.417 e. The van der Waals surface area contributed by atoms with E-state index in [1.165, 1.54) is 31.2 Å². The van der Waals surface area contributed by atoms with Crippen LogP contribution < -0.4 is 5.32 Å². The molecule has 0 bridgehead atoms. The quantitative estimate of drug-likeness (QED) is 0.243. The molecule has 3 aromatic carbocycles. The van der Waals surface area contributed by atoms with E-state index < -0.39 is 29.1 Å². The monoisotopic (exact) mass is 527 g/mol. The van der Waals surface area contributed by atoms with Crippen molar-refractivity contribution in [2.75, 3.05) is 0 Å². The molecule has 0 fully saturated rings. The number of halogens is 4. The average Bonchev–Trinajstić information content (AvgIpc) is 3.37. The maximum atomic E-state index is 14.8. The van der Waals surface area contributed by atoms with E-state index in [0.29, 0.717) is 17.5 Å². The van der Waals surface area contributed by atoms with Crippen LogP contribution in [0.4, 0.5) is 17.6 Å². The Morgan fingerprint density at radius 2 is 1.74 bits per heavy atom. The van der Waals surface area contributed by atoms with Gasteiger partial charge in [-0.1, -0.05) is 54.5 Å². The van der Waals surface area contributed by atoms with Gasteiger partial charge in [-0.25, -0.2) is 4.39 Å². The predicted molar refractivity (Wildman–Crippen MR) is 133 cm³/mol. The first kappa shape index (κ1) is 27.0. The van der Waals surface area contributed by atoms with Crippen molar-refractivity contribution in [3.05, 3.63) is 83.2 Å². The summed E-state index contributed by atoms with van der Waals surface area (Å²) in [4.78, 5) is 15.6. The van der Waals surface area contributed by atoms with Crippen LogP contribution >= 0.6 is 0 Å². The van der Waals surface area contributed by atoms with Crippen LogP contribution in [0.1, 0.15) is 37.0 Å². The van der Waals surface area contributed by atoms with Crippen LogP contribution in [0.25, 0.3) is 34.0 Å². The molecule has 0 spiro atoms. The molecule has 0 saturated carbocycles. The van der Waals surface area contributed by atoms with Gasteiger partial charge in [-0.05, 0) is 55.2 Å². The molecule has 0 radical (unpaired) electrons. The largest absolute Gasteiger partial charge is 0.480 e. The molecule has 0 saturated heterocycles. The fourth-order valence-electron chi connectivity index (χ4n) is 3.95. The van der Waals surface area contributed by atoms with Gasteiger partial charge in [-0.2, -0.15) is 18.2 Å². The van der Waals surface area contributed by atoms with Crippen LogP contribution in [-0.2, 0) is 17.5 Å². The molecule has 1 heterocycles. The lowest BCUT2D eigenvalue weighted by molar-refractivity contribution is -0.144. The molecule has 10 heteroatoms. The molecule has 1 unspecified atom stereocenters. The average molecular weight is 528 g/mol. The van der Waals surface area contributed by atoms with Gasteiger partial charge in [0.1, 0.15) is 11.4 Å². The molecule has 0 aliphatic rings. The number of carbonyl (C=O) groups is 1. The first-order chi connectivity index (χ1) is 17.9. The summed E-state index contributed by atoms with van der Waals surface area (Å²) in [7, 11) is 0. The third-order valence-electron chi connectivity index (χ3n) is 6.59. The summed E-state index contributed by atoms with van der Waals surface area (Å²) in [6, 6.07) is 14.8. The lowest BCUT2D eigenvalue weighted by atomic mass is 9.94. The van der Waals surface area contributed by atoms with Crippen LogP contribution in [-0.4, -0.2) is 26.8 Å². The molecule has 6 nitrogen and oxygen atoms in total. The summed E-state index contributed by atoms with van der Waals surface area (Å²) in [6.07, 6.45) is -4.33. The molecule has 4 aromatic rings. The van der Waals surface area contributed by atoms with Gasteiger partial charge >= 0.3 is 12.1 Å². The molecule has 2 N–H and O–H groups in total. The number of nitrogens with zero attached hydrogens (tertiary/aromatic N) is 2. The van der Waals surface area contributed by atoms with Crippen molar-refractivity contribution < 1.29 is 32.0 Å². The van der Waals surface area contributed by atoms with Gasteiger partial charge in [0.05, 0.1) is 5.56 Å². The van der Waals surface area contributed by atoms with Crippen molar-refractivity contribution >= 4 is 5.97 Å². The van der Waals surface area contributed by atoms with E-state index in [4.69, 9.17) is 4.52 Å². The highest BCUT2D eigenvalue weighted by Gasteiger charge is 2.35. The predicted octanol–water partition coefficient (Wildman–Crippen LogP) is 6.88. The number of hydrogen-bond donors (Lipinski definition) is 2. The number of hydrogen-bond acceptors (Lipinski definition) is 5. The normalized spacial score (nSPS) is 13.3. The summed E-state index contributed by atoms with van der Waals surface area (Å²) in [5.74, 6) is -1.81. The first-order valence-corrected chi connectivity index (χ1v) is 11.8. The van der Waals surface area contributed by atoms with E-state index in [2.05, 4.69) is 15.5 Å². The number of carboxylic acid groups (broad SMARTS) is 1. The Morgan fingerprint density at radius 1 is 1.03 bits per heavy atom. The summed E-state index contributed by atoms with van der Waals surface area (Å²) in [6.45, 7) is 4.94. The molecular formula is C28H25F4N3O3. The van der Waals surface area contributed by atoms with Crippen LogP contribution in [0.5, 0.6) is 0 Å². The SMILES string of the molecule is CCC(C)(NCc1ccc(-c2noc(-c3ccc(-c4ccccc4C)c(C(F)(F)F)c3)n2)cc1F)C(=O)O. The molecule has 1 atom stereocenters. The van der Waals surface area contributed by atoms with Crippen molar-refractivity contribution in [1.82, 2.24) is 15.5 Å². The topological polar surface area (TPSA) is 88.3 Å². The van der Waals surface area contributed by atoms with Gasteiger partial charge in [-0.15, -0.1) is 0 Å². The number of alkyl halides is 3. The zero-order valence-electron chi connectivity index (χ0n) is 20.9. The minimum atomic E-state index is -4.63. The zero-order valence-corrected chi connectivity index (χ0v) is 20.9. The lowest BCUT2D eigenvalue weighted by Gasteiger charge is -2.24. The number of rotatable bonds is 8. The number of nitrogens with one attached hydrogen (secondary N) is 1. The number of aromatic nitrogens is 2. The van der Waals surface area contributed by atoms with Crippen molar-refractivity contribution in [2.45, 2.75) is 45.5 Å². The third kappa shape index (κ3) is 5.45. The molecule has 0 aliphatic heterocycles.